The fraction of sp³-hybridized carbons (Fsp3) is 0.185. The van der Waals surface area contributed by atoms with Crippen molar-refractivity contribution in [2.24, 2.45) is 5.10 Å². The predicted octanol–water partition coefficient (Wildman–Crippen LogP) is 4.66. The number of rotatable bonds is 5. The Hall–Kier alpha value is -4.73. The molecule has 37 heavy (non-hydrogen) atoms. The molecule has 10 heteroatoms. The molecule has 186 valence electrons. The molecule has 0 saturated carbocycles. The summed E-state index contributed by atoms with van der Waals surface area (Å²) < 4.78 is 20.6. The van der Waals surface area contributed by atoms with E-state index in [9.17, 15) is 9.18 Å². The molecule has 2 aliphatic heterocycles. The lowest BCUT2D eigenvalue weighted by Crippen LogP contribution is -2.46. The number of aromatic nitrogens is 3. The minimum atomic E-state index is -0.496. The van der Waals surface area contributed by atoms with Crippen LogP contribution in [0.1, 0.15) is 18.4 Å². The lowest BCUT2D eigenvalue weighted by molar-refractivity contribution is -0.127. The number of hydrazone groups is 1. The van der Waals surface area contributed by atoms with Gasteiger partial charge in [-0.3, -0.25) is 4.79 Å². The fourth-order valence-electron chi connectivity index (χ4n) is 4.74. The summed E-state index contributed by atoms with van der Waals surface area (Å²) in [6.45, 7) is 4.79. The number of nitrogens with one attached hydrogen (secondary N) is 2. The SMILES string of the molecule is C=CC(=O)N1CCC(N2N=C(Nc3ccc(Oc4ccccc4)c(F)c3)c3c[nH]c4ncnc2c34)CC1. The maximum absolute atomic E-state index is 14.9. The van der Waals surface area contributed by atoms with Crippen LogP contribution in [-0.4, -0.2) is 50.7 Å². The molecule has 0 atom stereocenters. The van der Waals surface area contributed by atoms with Crippen LogP contribution in [0.2, 0.25) is 0 Å². The molecular weight excluding hydrogens is 473 g/mol. The zero-order valence-electron chi connectivity index (χ0n) is 19.9. The van der Waals surface area contributed by atoms with Crippen LogP contribution in [-0.2, 0) is 4.79 Å². The molecule has 4 heterocycles. The molecule has 2 aliphatic rings. The van der Waals surface area contributed by atoms with Crippen LogP contribution in [0.4, 0.5) is 15.9 Å². The number of hydrogen-bond donors (Lipinski definition) is 2. The maximum atomic E-state index is 14.9. The second-order valence-corrected chi connectivity index (χ2v) is 8.86. The number of carbonyl (C=O) groups is 1. The van der Waals surface area contributed by atoms with E-state index in [0.717, 1.165) is 23.8 Å². The molecule has 2 aromatic heterocycles. The lowest BCUT2D eigenvalue weighted by atomic mass is 10.0. The zero-order chi connectivity index (χ0) is 25.4. The van der Waals surface area contributed by atoms with Gasteiger partial charge in [-0.05, 0) is 43.2 Å². The highest BCUT2D eigenvalue weighted by Crippen LogP contribution is 2.35. The number of hydrogen-bond acceptors (Lipinski definition) is 7. The number of carbonyl (C=O) groups excluding carboxylic acids is 1. The second kappa shape index (κ2) is 9.38. The van der Waals surface area contributed by atoms with Gasteiger partial charge in [0.1, 0.15) is 17.7 Å². The molecule has 0 spiro atoms. The van der Waals surface area contributed by atoms with Crippen molar-refractivity contribution in [2.75, 3.05) is 23.4 Å². The van der Waals surface area contributed by atoms with Crippen molar-refractivity contribution < 1.29 is 13.9 Å². The van der Waals surface area contributed by atoms with Crippen molar-refractivity contribution in [3.63, 3.8) is 0 Å². The summed E-state index contributed by atoms with van der Waals surface area (Å²) in [5.41, 5.74) is 2.01. The van der Waals surface area contributed by atoms with Crippen LogP contribution >= 0.6 is 0 Å². The number of amidine groups is 1. The van der Waals surface area contributed by atoms with Crippen LogP contribution in [0.3, 0.4) is 0 Å². The summed E-state index contributed by atoms with van der Waals surface area (Å²) >= 11 is 0. The standard InChI is InChI=1S/C27H24FN7O2/c1-2-23(36)34-12-10-18(11-13-34)35-27-24-20(15-29-26(24)30-16-31-27)25(33-35)32-17-8-9-22(21(28)14-17)37-19-6-4-3-5-7-19/h2-9,14-16,18H,1,10-13H2,(H,32,33)(H,29,30,31). The first kappa shape index (κ1) is 22.7. The fourth-order valence-corrected chi connectivity index (χ4v) is 4.74. The highest BCUT2D eigenvalue weighted by molar-refractivity contribution is 6.19. The van der Waals surface area contributed by atoms with E-state index in [1.807, 2.05) is 29.4 Å². The number of nitrogens with zero attached hydrogens (tertiary/aromatic N) is 5. The quantitative estimate of drug-likeness (QED) is 0.389. The Balaban J connectivity index is 1.28. The largest absolute Gasteiger partial charge is 0.454 e. The first-order chi connectivity index (χ1) is 18.1. The molecule has 0 radical (unpaired) electrons. The van der Waals surface area contributed by atoms with Crippen molar-refractivity contribution in [3.8, 4) is 11.5 Å². The normalized spacial score (nSPS) is 15.4. The van der Waals surface area contributed by atoms with Crippen molar-refractivity contribution in [3.05, 3.63) is 85.1 Å². The summed E-state index contributed by atoms with van der Waals surface area (Å²) in [5, 5.41) is 10.9. The average molecular weight is 498 g/mol. The molecule has 1 saturated heterocycles. The number of benzene rings is 2. The first-order valence-electron chi connectivity index (χ1n) is 12.0. The molecule has 0 bridgehead atoms. The maximum Gasteiger partial charge on any atom is 0.245 e. The van der Waals surface area contributed by atoms with Crippen LogP contribution in [0.15, 0.2) is 78.8 Å². The van der Waals surface area contributed by atoms with E-state index in [2.05, 4.69) is 26.8 Å². The summed E-state index contributed by atoms with van der Waals surface area (Å²) in [6, 6.07) is 13.8. The van der Waals surface area contributed by atoms with Crippen molar-refractivity contribution >= 4 is 34.3 Å². The van der Waals surface area contributed by atoms with Gasteiger partial charge in [0.25, 0.3) is 0 Å². The van der Waals surface area contributed by atoms with Crippen molar-refractivity contribution in [1.82, 2.24) is 19.9 Å². The molecule has 0 unspecified atom stereocenters. The minimum Gasteiger partial charge on any atom is -0.454 e. The summed E-state index contributed by atoms with van der Waals surface area (Å²) in [4.78, 5) is 25.9. The number of anilines is 2. The molecule has 1 amide bonds. The first-order valence-corrected chi connectivity index (χ1v) is 12.0. The van der Waals surface area contributed by atoms with Crippen molar-refractivity contribution in [1.29, 1.82) is 0 Å². The van der Waals surface area contributed by atoms with Gasteiger partial charge in [0.15, 0.2) is 23.2 Å². The van der Waals surface area contributed by atoms with Crippen LogP contribution in [0.5, 0.6) is 11.5 Å². The molecule has 6 rings (SSSR count). The molecular formula is C27H24FN7O2. The number of ether oxygens (including phenoxy) is 1. The average Bonchev–Trinajstić information content (AvgIpc) is 3.38. The Kier molecular flexibility index (Phi) is 5.76. The second-order valence-electron chi connectivity index (χ2n) is 8.86. The third-order valence-electron chi connectivity index (χ3n) is 6.59. The van der Waals surface area contributed by atoms with Crippen molar-refractivity contribution in [2.45, 2.75) is 18.9 Å². The highest BCUT2D eigenvalue weighted by Gasteiger charge is 2.33. The Labute approximate surface area is 212 Å². The van der Waals surface area contributed by atoms with E-state index in [0.29, 0.717) is 41.8 Å². The number of amides is 1. The van der Waals surface area contributed by atoms with E-state index in [-0.39, 0.29) is 17.7 Å². The van der Waals surface area contributed by atoms with Gasteiger partial charge >= 0.3 is 0 Å². The number of para-hydroxylation sites is 1. The van der Waals surface area contributed by atoms with Gasteiger partial charge in [0.05, 0.1) is 11.4 Å². The van der Waals surface area contributed by atoms with Crippen LogP contribution in [0, 0.1) is 5.82 Å². The van der Waals surface area contributed by atoms with Gasteiger partial charge in [0, 0.05) is 36.6 Å². The van der Waals surface area contributed by atoms with E-state index in [1.54, 1.807) is 29.2 Å². The van der Waals surface area contributed by atoms with Crippen LogP contribution in [0.25, 0.3) is 11.0 Å². The van der Waals surface area contributed by atoms with E-state index in [4.69, 9.17) is 9.84 Å². The molecule has 4 aromatic rings. The minimum absolute atomic E-state index is 0.0326. The third-order valence-corrected chi connectivity index (χ3v) is 6.59. The van der Waals surface area contributed by atoms with Gasteiger partial charge in [-0.1, -0.05) is 24.8 Å². The van der Waals surface area contributed by atoms with E-state index >= 15 is 0 Å². The number of piperidine rings is 1. The lowest BCUT2D eigenvalue weighted by Gasteiger charge is -2.37. The van der Waals surface area contributed by atoms with Gasteiger partial charge in [-0.2, -0.15) is 5.10 Å². The zero-order valence-corrected chi connectivity index (χ0v) is 19.9. The number of likely N-dealkylation sites (tertiary alicyclic amines) is 1. The predicted molar refractivity (Wildman–Crippen MR) is 139 cm³/mol. The monoisotopic (exact) mass is 497 g/mol. The summed E-state index contributed by atoms with van der Waals surface area (Å²) in [7, 11) is 0. The highest BCUT2D eigenvalue weighted by atomic mass is 19.1. The molecule has 0 aliphatic carbocycles. The van der Waals surface area contributed by atoms with Gasteiger partial charge in [-0.25, -0.2) is 19.4 Å². The molecule has 1 fully saturated rings. The van der Waals surface area contributed by atoms with Crippen LogP contribution < -0.4 is 15.1 Å². The number of aromatic amines is 1. The summed E-state index contributed by atoms with van der Waals surface area (Å²) in [5.74, 6) is 1.38. The molecule has 9 nitrogen and oxygen atoms in total. The Morgan fingerprint density at radius 2 is 1.97 bits per heavy atom. The topological polar surface area (TPSA) is 98.7 Å². The Morgan fingerprint density at radius 1 is 1.16 bits per heavy atom. The summed E-state index contributed by atoms with van der Waals surface area (Å²) in [6.07, 6.45) is 6.12. The van der Waals surface area contributed by atoms with E-state index in [1.165, 1.54) is 18.5 Å². The van der Waals surface area contributed by atoms with Gasteiger partial charge < -0.3 is 19.9 Å². The Bertz CT molecular complexity index is 1510. The molecule has 2 aromatic carbocycles. The number of halogens is 1. The van der Waals surface area contributed by atoms with Gasteiger partial charge in [-0.15, -0.1) is 0 Å². The smallest absolute Gasteiger partial charge is 0.245 e. The van der Waals surface area contributed by atoms with E-state index < -0.39 is 5.82 Å². The third kappa shape index (κ3) is 4.26. The number of H-pyrrole nitrogens is 1. The molecule has 2 N–H and O–H groups in total. The van der Waals surface area contributed by atoms with Gasteiger partial charge in [0.2, 0.25) is 5.91 Å². The Morgan fingerprint density at radius 3 is 2.73 bits per heavy atom.